The Kier molecular flexibility index (Phi) is 3.08. The first kappa shape index (κ1) is 12.1. The second kappa shape index (κ2) is 4.60. The number of amides is 1. The lowest BCUT2D eigenvalue weighted by molar-refractivity contribution is -0.120. The predicted octanol–water partition coefficient (Wildman–Crippen LogP) is 2.48. The van der Waals surface area contributed by atoms with Crippen molar-refractivity contribution in [1.82, 2.24) is 5.32 Å². The molecule has 3 heteroatoms. The zero-order valence-electron chi connectivity index (χ0n) is 11.3. The van der Waals surface area contributed by atoms with Gasteiger partial charge in [-0.2, -0.15) is 0 Å². The molecule has 4 aliphatic rings. The van der Waals surface area contributed by atoms with Crippen molar-refractivity contribution in [3.63, 3.8) is 0 Å². The SMILES string of the molecule is COC(C)=CC(=O)NC1C2CC3CC(C2)CC1C3. The third-order valence-corrected chi connectivity index (χ3v) is 5.19. The number of ether oxygens (including phenoxy) is 1. The fourth-order valence-corrected chi connectivity index (χ4v) is 4.61. The maximum absolute atomic E-state index is 11.9. The van der Waals surface area contributed by atoms with E-state index < -0.39 is 0 Å². The van der Waals surface area contributed by atoms with Crippen LogP contribution in [0, 0.1) is 23.7 Å². The first-order valence-electron chi connectivity index (χ1n) is 7.18. The van der Waals surface area contributed by atoms with Gasteiger partial charge in [0.2, 0.25) is 5.91 Å². The van der Waals surface area contributed by atoms with Crippen molar-refractivity contribution in [1.29, 1.82) is 0 Å². The third kappa shape index (κ3) is 2.15. The molecule has 0 spiro atoms. The molecule has 100 valence electrons. The molecular formula is C15H23NO2. The van der Waals surface area contributed by atoms with E-state index in [1.54, 1.807) is 13.2 Å². The molecule has 0 atom stereocenters. The Balaban J connectivity index is 1.65. The van der Waals surface area contributed by atoms with Gasteiger partial charge in [0.05, 0.1) is 12.9 Å². The fourth-order valence-electron chi connectivity index (χ4n) is 4.61. The predicted molar refractivity (Wildman–Crippen MR) is 69.7 cm³/mol. The lowest BCUT2D eigenvalue weighted by atomic mass is 9.54. The Morgan fingerprint density at radius 2 is 1.67 bits per heavy atom. The standard InChI is InChI=1S/C15H23NO2/c1-9(18-2)3-14(17)16-15-12-5-10-4-11(7-12)8-13(15)6-10/h3,10-13,15H,4-8H2,1-2H3,(H,16,17). The highest BCUT2D eigenvalue weighted by molar-refractivity contribution is 5.88. The van der Waals surface area contributed by atoms with Gasteiger partial charge in [-0.25, -0.2) is 0 Å². The molecular weight excluding hydrogens is 226 g/mol. The van der Waals surface area contributed by atoms with E-state index in [4.69, 9.17) is 4.74 Å². The van der Waals surface area contributed by atoms with Crippen LogP contribution < -0.4 is 5.32 Å². The summed E-state index contributed by atoms with van der Waals surface area (Å²) in [4.78, 5) is 11.9. The molecule has 4 aliphatic carbocycles. The number of carbonyl (C=O) groups excluding carboxylic acids is 1. The summed E-state index contributed by atoms with van der Waals surface area (Å²) in [5.41, 5.74) is 0. The van der Waals surface area contributed by atoms with Gasteiger partial charge in [-0.1, -0.05) is 0 Å². The van der Waals surface area contributed by atoms with Gasteiger partial charge in [-0.15, -0.1) is 0 Å². The van der Waals surface area contributed by atoms with Crippen LogP contribution in [0.15, 0.2) is 11.8 Å². The molecule has 0 heterocycles. The van der Waals surface area contributed by atoms with E-state index in [-0.39, 0.29) is 5.91 Å². The van der Waals surface area contributed by atoms with Gasteiger partial charge in [0.25, 0.3) is 0 Å². The van der Waals surface area contributed by atoms with Crippen molar-refractivity contribution in [2.75, 3.05) is 7.11 Å². The number of methoxy groups -OCH3 is 1. The van der Waals surface area contributed by atoms with Crippen LogP contribution in [0.3, 0.4) is 0 Å². The Morgan fingerprint density at radius 3 is 2.17 bits per heavy atom. The molecule has 4 rings (SSSR count). The van der Waals surface area contributed by atoms with Crippen LogP contribution in [0.5, 0.6) is 0 Å². The zero-order valence-corrected chi connectivity index (χ0v) is 11.3. The van der Waals surface area contributed by atoms with Crippen LogP contribution in [0.4, 0.5) is 0 Å². The topological polar surface area (TPSA) is 38.3 Å². The molecule has 3 nitrogen and oxygen atoms in total. The molecule has 1 N–H and O–H groups in total. The van der Waals surface area contributed by atoms with Gasteiger partial charge >= 0.3 is 0 Å². The van der Waals surface area contributed by atoms with Crippen LogP contribution in [-0.2, 0) is 9.53 Å². The van der Waals surface area contributed by atoms with E-state index in [2.05, 4.69) is 5.32 Å². The largest absolute Gasteiger partial charge is 0.501 e. The van der Waals surface area contributed by atoms with Gasteiger partial charge in [-0.05, 0) is 62.7 Å². The Bertz CT molecular complexity index is 347. The number of allylic oxidation sites excluding steroid dienone is 1. The van der Waals surface area contributed by atoms with Crippen molar-refractivity contribution in [3.8, 4) is 0 Å². The second-order valence-electron chi connectivity index (χ2n) is 6.42. The van der Waals surface area contributed by atoms with E-state index in [9.17, 15) is 4.79 Å². The zero-order chi connectivity index (χ0) is 12.7. The van der Waals surface area contributed by atoms with E-state index in [1.807, 2.05) is 6.92 Å². The molecule has 0 radical (unpaired) electrons. The maximum atomic E-state index is 11.9. The van der Waals surface area contributed by atoms with Gasteiger partial charge in [0, 0.05) is 12.1 Å². The second-order valence-corrected chi connectivity index (χ2v) is 6.42. The molecule has 4 saturated carbocycles. The van der Waals surface area contributed by atoms with Crippen LogP contribution in [0.2, 0.25) is 0 Å². The van der Waals surface area contributed by atoms with Crippen LogP contribution in [-0.4, -0.2) is 19.1 Å². The third-order valence-electron chi connectivity index (χ3n) is 5.19. The van der Waals surface area contributed by atoms with Gasteiger partial charge in [-0.3, -0.25) is 4.79 Å². The maximum Gasteiger partial charge on any atom is 0.247 e. The van der Waals surface area contributed by atoms with Gasteiger partial charge in [0.1, 0.15) is 0 Å². The Morgan fingerprint density at radius 1 is 1.11 bits per heavy atom. The molecule has 0 aromatic rings. The average Bonchev–Trinajstić information content (AvgIpc) is 2.32. The van der Waals surface area contributed by atoms with Crippen molar-refractivity contribution in [2.24, 2.45) is 23.7 Å². The Labute approximate surface area is 109 Å². The van der Waals surface area contributed by atoms with Crippen molar-refractivity contribution in [2.45, 2.75) is 45.1 Å². The average molecular weight is 249 g/mol. The summed E-state index contributed by atoms with van der Waals surface area (Å²) in [5.74, 6) is 4.08. The summed E-state index contributed by atoms with van der Waals surface area (Å²) in [6.45, 7) is 1.82. The molecule has 0 unspecified atom stereocenters. The minimum Gasteiger partial charge on any atom is -0.501 e. The monoisotopic (exact) mass is 249 g/mol. The molecule has 0 saturated heterocycles. The Hall–Kier alpha value is -0.990. The van der Waals surface area contributed by atoms with Crippen LogP contribution in [0.25, 0.3) is 0 Å². The molecule has 0 aromatic carbocycles. The first-order chi connectivity index (χ1) is 8.65. The highest BCUT2D eigenvalue weighted by Crippen LogP contribution is 2.53. The van der Waals surface area contributed by atoms with Crippen molar-refractivity contribution >= 4 is 5.91 Å². The molecule has 0 aromatic heterocycles. The smallest absolute Gasteiger partial charge is 0.247 e. The molecule has 4 bridgehead atoms. The number of rotatable bonds is 3. The van der Waals surface area contributed by atoms with Gasteiger partial charge in [0.15, 0.2) is 0 Å². The van der Waals surface area contributed by atoms with E-state index in [1.165, 1.54) is 32.1 Å². The highest BCUT2D eigenvalue weighted by atomic mass is 16.5. The summed E-state index contributed by atoms with van der Waals surface area (Å²) in [5, 5.41) is 3.23. The quantitative estimate of drug-likeness (QED) is 0.616. The summed E-state index contributed by atoms with van der Waals surface area (Å²) in [6, 6.07) is 0.422. The summed E-state index contributed by atoms with van der Waals surface area (Å²) >= 11 is 0. The lowest BCUT2D eigenvalue weighted by Crippen LogP contribution is -2.55. The first-order valence-corrected chi connectivity index (χ1v) is 7.18. The van der Waals surface area contributed by atoms with Crippen molar-refractivity contribution in [3.05, 3.63) is 11.8 Å². The fraction of sp³-hybridized carbons (Fsp3) is 0.800. The lowest BCUT2D eigenvalue weighted by Gasteiger charge is -2.54. The molecule has 18 heavy (non-hydrogen) atoms. The van der Waals surface area contributed by atoms with Crippen molar-refractivity contribution < 1.29 is 9.53 Å². The molecule has 1 amide bonds. The molecule has 0 aliphatic heterocycles. The molecule has 4 fully saturated rings. The van der Waals surface area contributed by atoms with Crippen LogP contribution >= 0.6 is 0 Å². The summed E-state index contributed by atoms with van der Waals surface area (Å²) in [6.07, 6.45) is 8.38. The van der Waals surface area contributed by atoms with E-state index >= 15 is 0 Å². The van der Waals surface area contributed by atoms with E-state index in [0.29, 0.717) is 11.8 Å². The van der Waals surface area contributed by atoms with Gasteiger partial charge < -0.3 is 10.1 Å². The summed E-state index contributed by atoms with van der Waals surface area (Å²) < 4.78 is 5.03. The van der Waals surface area contributed by atoms with Crippen LogP contribution in [0.1, 0.15) is 39.0 Å². The minimum absolute atomic E-state index is 0.0202. The van der Waals surface area contributed by atoms with E-state index in [0.717, 1.165) is 23.7 Å². The number of nitrogens with one attached hydrogen (secondary N) is 1. The normalized spacial score (nSPS) is 41.9. The number of carbonyl (C=O) groups is 1. The number of hydrogen-bond acceptors (Lipinski definition) is 2. The minimum atomic E-state index is 0.0202. The summed E-state index contributed by atoms with van der Waals surface area (Å²) in [7, 11) is 1.60. The highest BCUT2D eigenvalue weighted by Gasteiger charge is 2.48. The number of hydrogen-bond donors (Lipinski definition) is 1.